The summed E-state index contributed by atoms with van der Waals surface area (Å²) in [6.45, 7) is 1.63. The van der Waals surface area contributed by atoms with Crippen molar-refractivity contribution in [1.29, 1.82) is 0 Å². The van der Waals surface area contributed by atoms with Gasteiger partial charge in [-0.1, -0.05) is 0 Å². The minimum atomic E-state index is -0.741. The van der Waals surface area contributed by atoms with Crippen LogP contribution < -0.4 is 9.47 Å². The van der Waals surface area contributed by atoms with Crippen molar-refractivity contribution in [3.63, 3.8) is 0 Å². The van der Waals surface area contributed by atoms with E-state index in [1.165, 1.54) is 14.2 Å². The van der Waals surface area contributed by atoms with Crippen molar-refractivity contribution in [2.75, 3.05) is 14.2 Å². The second kappa shape index (κ2) is 3.92. The standard InChI is InChI=1S/C12H14F2O2/c1-6-8(7-4-5-7)11(15-2)10(14)12(16-3)9(6)13/h7H,4-5H2,1-3H3. The van der Waals surface area contributed by atoms with Crippen molar-refractivity contribution < 1.29 is 18.3 Å². The fourth-order valence-electron chi connectivity index (χ4n) is 2.02. The third-order valence-electron chi connectivity index (χ3n) is 2.97. The highest BCUT2D eigenvalue weighted by molar-refractivity contribution is 5.52. The average Bonchev–Trinajstić information content (AvgIpc) is 3.07. The number of ether oxygens (including phenoxy) is 2. The van der Waals surface area contributed by atoms with Crippen molar-refractivity contribution in [3.05, 3.63) is 22.8 Å². The van der Waals surface area contributed by atoms with Gasteiger partial charge in [-0.3, -0.25) is 0 Å². The van der Waals surface area contributed by atoms with Crippen LogP contribution in [0.1, 0.15) is 29.9 Å². The molecular weight excluding hydrogens is 214 g/mol. The van der Waals surface area contributed by atoms with Gasteiger partial charge in [0.1, 0.15) is 0 Å². The lowest BCUT2D eigenvalue weighted by atomic mass is 10.0. The average molecular weight is 228 g/mol. The third-order valence-corrected chi connectivity index (χ3v) is 2.97. The summed E-state index contributed by atoms with van der Waals surface area (Å²) in [6, 6.07) is 0. The Kier molecular flexibility index (Phi) is 2.74. The van der Waals surface area contributed by atoms with Gasteiger partial charge in [-0.25, -0.2) is 4.39 Å². The fourth-order valence-corrected chi connectivity index (χ4v) is 2.02. The van der Waals surface area contributed by atoms with Crippen molar-refractivity contribution in [1.82, 2.24) is 0 Å². The quantitative estimate of drug-likeness (QED) is 0.791. The first-order valence-corrected chi connectivity index (χ1v) is 5.21. The molecule has 88 valence electrons. The van der Waals surface area contributed by atoms with Crippen LogP contribution in [-0.2, 0) is 0 Å². The highest BCUT2D eigenvalue weighted by Crippen LogP contribution is 2.49. The molecule has 0 aromatic heterocycles. The molecule has 0 saturated heterocycles. The SMILES string of the molecule is COc1c(F)c(C)c(C2CC2)c(OC)c1F. The molecule has 0 spiro atoms. The number of hydrogen-bond acceptors (Lipinski definition) is 2. The van der Waals surface area contributed by atoms with Crippen molar-refractivity contribution >= 4 is 0 Å². The summed E-state index contributed by atoms with van der Waals surface area (Å²) < 4.78 is 37.4. The predicted molar refractivity (Wildman–Crippen MR) is 56.2 cm³/mol. The van der Waals surface area contributed by atoms with Gasteiger partial charge in [0.2, 0.25) is 5.82 Å². The van der Waals surface area contributed by atoms with E-state index in [4.69, 9.17) is 9.47 Å². The van der Waals surface area contributed by atoms with Crippen LogP contribution in [0.2, 0.25) is 0 Å². The smallest absolute Gasteiger partial charge is 0.210 e. The lowest BCUT2D eigenvalue weighted by molar-refractivity contribution is 0.329. The molecule has 0 aliphatic heterocycles. The maximum atomic E-state index is 13.9. The van der Waals surface area contributed by atoms with E-state index in [-0.39, 0.29) is 17.4 Å². The summed E-state index contributed by atoms with van der Waals surface area (Å²) in [7, 11) is 2.64. The molecule has 4 heteroatoms. The number of halogens is 2. The molecule has 0 bridgehead atoms. The van der Waals surface area contributed by atoms with E-state index >= 15 is 0 Å². The number of methoxy groups -OCH3 is 2. The van der Waals surface area contributed by atoms with E-state index in [9.17, 15) is 8.78 Å². The Morgan fingerprint density at radius 2 is 1.56 bits per heavy atom. The first-order valence-electron chi connectivity index (χ1n) is 5.21. The summed E-state index contributed by atoms with van der Waals surface area (Å²) >= 11 is 0. The topological polar surface area (TPSA) is 18.5 Å². The van der Waals surface area contributed by atoms with Gasteiger partial charge in [0, 0.05) is 5.56 Å². The number of benzene rings is 1. The van der Waals surface area contributed by atoms with Gasteiger partial charge in [-0.2, -0.15) is 4.39 Å². The minimum absolute atomic E-state index is 0.123. The maximum absolute atomic E-state index is 13.9. The van der Waals surface area contributed by atoms with Gasteiger partial charge in [0.25, 0.3) is 0 Å². The van der Waals surface area contributed by atoms with Crippen LogP contribution in [0.5, 0.6) is 11.5 Å². The van der Waals surface area contributed by atoms with Crippen LogP contribution in [0, 0.1) is 18.6 Å². The van der Waals surface area contributed by atoms with Crippen LogP contribution >= 0.6 is 0 Å². The molecule has 0 amide bonds. The van der Waals surface area contributed by atoms with Crippen molar-refractivity contribution in [2.45, 2.75) is 25.7 Å². The Labute approximate surface area is 93.2 Å². The van der Waals surface area contributed by atoms with Gasteiger partial charge in [-0.15, -0.1) is 0 Å². The predicted octanol–water partition coefficient (Wildman–Crippen LogP) is 3.17. The monoisotopic (exact) mass is 228 g/mol. The summed E-state index contributed by atoms with van der Waals surface area (Å²) in [5.74, 6) is -1.38. The molecule has 0 heterocycles. The fraction of sp³-hybridized carbons (Fsp3) is 0.500. The molecule has 1 aromatic rings. The normalized spacial score (nSPS) is 15.1. The van der Waals surface area contributed by atoms with Gasteiger partial charge in [0.05, 0.1) is 14.2 Å². The Bertz CT molecular complexity index is 426. The first kappa shape index (κ1) is 11.2. The molecule has 1 aliphatic carbocycles. The molecule has 0 radical (unpaired) electrons. The number of rotatable bonds is 3. The molecule has 2 nitrogen and oxygen atoms in total. The van der Waals surface area contributed by atoms with Crippen LogP contribution in [0.3, 0.4) is 0 Å². The molecule has 2 rings (SSSR count). The molecule has 0 N–H and O–H groups in total. The molecule has 0 unspecified atom stereocenters. The zero-order valence-electron chi connectivity index (χ0n) is 9.56. The summed E-state index contributed by atoms with van der Waals surface area (Å²) in [6.07, 6.45) is 1.92. The Morgan fingerprint density at radius 3 is 2.00 bits per heavy atom. The second-order valence-electron chi connectivity index (χ2n) is 4.01. The minimum Gasteiger partial charge on any atom is -0.493 e. The van der Waals surface area contributed by atoms with E-state index in [0.717, 1.165) is 12.8 Å². The molecule has 0 atom stereocenters. The Hall–Kier alpha value is -1.32. The summed E-state index contributed by atoms with van der Waals surface area (Å²) in [5, 5.41) is 0. The van der Waals surface area contributed by atoms with Crippen molar-refractivity contribution in [3.8, 4) is 11.5 Å². The lowest BCUT2D eigenvalue weighted by Crippen LogP contribution is -2.04. The van der Waals surface area contributed by atoms with E-state index < -0.39 is 11.6 Å². The van der Waals surface area contributed by atoms with Gasteiger partial charge in [-0.05, 0) is 31.2 Å². The zero-order valence-corrected chi connectivity index (χ0v) is 9.56. The van der Waals surface area contributed by atoms with Gasteiger partial charge < -0.3 is 9.47 Å². The van der Waals surface area contributed by atoms with E-state index in [1.807, 2.05) is 0 Å². The van der Waals surface area contributed by atoms with E-state index in [2.05, 4.69) is 0 Å². The van der Waals surface area contributed by atoms with Crippen molar-refractivity contribution in [2.24, 2.45) is 0 Å². The molecular formula is C12H14F2O2. The highest BCUT2D eigenvalue weighted by atomic mass is 19.1. The zero-order chi connectivity index (χ0) is 11.9. The maximum Gasteiger partial charge on any atom is 0.210 e. The van der Waals surface area contributed by atoms with E-state index in [0.29, 0.717) is 11.1 Å². The first-order chi connectivity index (χ1) is 7.61. The number of hydrogen-bond donors (Lipinski definition) is 0. The van der Waals surface area contributed by atoms with Gasteiger partial charge in [0.15, 0.2) is 17.3 Å². The molecule has 1 aromatic carbocycles. The lowest BCUT2D eigenvalue weighted by Gasteiger charge is -2.16. The second-order valence-corrected chi connectivity index (χ2v) is 4.01. The molecule has 1 aliphatic rings. The summed E-state index contributed by atoms with van der Waals surface area (Å²) in [4.78, 5) is 0. The van der Waals surface area contributed by atoms with Gasteiger partial charge >= 0.3 is 0 Å². The van der Waals surface area contributed by atoms with Crippen LogP contribution in [-0.4, -0.2) is 14.2 Å². The molecule has 1 fully saturated rings. The molecule has 1 saturated carbocycles. The highest BCUT2D eigenvalue weighted by Gasteiger charge is 2.33. The summed E-state index contributed by atoms with van der Waals surface area (Å²) in [5.41, 5.74) is 1.08. The third kappa shape index (κ3) is 1.52. The molecule has 16 heavy (non-hydrogen) atoms. The van der Waals surface area contributed by atoms with Crippen LogP contribution in [0.4, 0.5) is 8.78 Å². The Morgan fingerprint density at radius 1 is 1.00 bits per heavy atom. The largest absolute Gasteiger partial charge is 0.493 e. The van der Waals surface area contributed by atoms with Crippen LogP contribution in [0.15, 0.2) is 0 Å². The Balaban J connectivity index is 2.68. The van der Waals surface area contributed by atoms with Crippen LogP contribution in [0.25, 0.3) is 0 Å². The van der Waals surface area contributed by atoms with E-state index in [1.54, 1.807) is 6.92 Å².